The zero-order chi connectivity index (χ0) is 15.0. The third-order valence-corrected chi connectivity index (χ3v) is 7.54. The second kappa shape index (κ2) is 6.18. The molecule has 0 unspecified atom stereocenters. The van der Waals surface area contributed by atoms with Crippen LogP contribution in [0.15, 0.2) is 14.3 Å². The number of nitrogens with one attached hydrogen (secondary N) is 2. The van der Waals surface area contributed by atoms with Crippen molar-refractivity contribution in [2.75, 3.05) is 11.9 Å². The molecule has 0 atom stereocenters. The van der Waals surface area contributed by atoms with Crippen molar-refractivity contribution in [3.05, 3.63) is 35.2 Å². The summed E-state index contributed by atoms with van der Waals surface area (Å²) in [6, 6.07) is 4.00. The normalized spacial score (nSPS) is 13.6. The lowest BCUT2D eigenvalue weighted by atomic mass is 10.1. The highest BCUT2D eigenvalue weighted by molar-refractivity contribution is 9.13. The second-order valence-corrected chi connectivity index (χ2v) is 8.76. The molecule has 0 radical (unpaired) electrons. The van der Waals surface area contributed by atoms with Gasteiger partial charge in [0.05, 0.1) is 14.2 Å². The molecule has 108 valence electrons. The molecule has 0 saturated carbocycles. The maximum Gasteiger partial charge on any atom is 0.266 e. The largest absolute Gasteiger partial charge is 0.312 e. The van der Waals surface area contributed by atoms with Crippen LogP contribution in [0.4, 0.5) is 5.00 Å². The maximum atomic E-state index is 12.3. The standard InChI is InChI=1S/C13H9Br2N3OS2/c14-8-3-9(20-11(8)15)12(19)18-13-7(4-16)6-1-2-17-5-10(6)21-13/h3,17H,1-2,5H2,(H,18,19). The Morgan fingerprint density at radius 2 is 2.24 bits per heavy atom. The Balaban J connectivity index is 1.90. The summed E-state index contributed by atoms with van der Waals surface area (Å²) in [6.07, 6.45) is 0.834. The lowest BCUT2D eigenvalue weighted by Crippen LogP contribution is -2.22. The molecule has 1 aliphatic heterocycles. The molecule has 0 fully saturated rings. The quantitative estimate of drug-likeness (QED) is 0.729. The highest BCUT2D eigenvalue weighted by Crippen LogP contribution is 2.36. The molecule has 3 heterocycles. The van der Waals surface area contributed by atoms with Crippen molar-refractivity contribution in [3.63, 3.8) is 0 Å². The van der Waals surface area contributed by atoms with E-state index in [1.165, 1.54) is 22.7 Å². The predicted octanol–water partition coefficient (Wildman–Crippen LogP) is 4.10. The van der Waals surface area contributed by atoms with Gasteiger partial charge in [-0.25, -0.2) is 0 Å². The van der Waals surface area contributed by atoms with Crippen LogP contribution in [0.5, 0.6) is 0 Å². The van der Waals surface area contributed by atoms with Crippen molar-refractivity contribution >= 4 is 65.4 Å². The Bertz CT molecular complexity index is 741. The zero-order valence-corrected chi connectivity index (χ0v) is 15.4. The van der Waals surface area contributed by atoms with E-state index in [1.807, 2.05) is 0 Å². The average Bonchev–Trinajstić information content (AvgIpc) is 2.99. The minimum Gasteiger partial charge on any atom is -0.312 e. The van der Waals surface area contributed by atoms with Crippen LogP contribution in [0.3, 0.4) is 0 Å². The molecule has 4 nitrogen and oxygen atoms in total. The van der Waals surface area contributed by atoms with Gasteiger partial charge in [0, 0.05) is 15.9 Å². The predicted molar refractivity (Wildman–Crippen MR) is 92.1 cm³/mol. The fraction of sp³-hybridized carbons (Fsp3) is 0.231. The lowest BCUT2D eigenvalue weighted by molar-refractivity contribution is 0.103. The molecule has 1 aliphatic rings. The molecule has 2 N–H and O–H groups in total. The van der Waals surface area contributed by atoms with E-state index in [4.69, 9.17) is 0 Å². The zero-order valence-electron chi connectivity index (χ0n) is 10.6. The van der Waals surface area contributed by atoms with E-state index in [9.17, 15) is 10.1 Å². The minimum atomic E-state index is -0.186. The number of hydrogen-bond acceptors (Lipinski definition) is 5. The second-order valence-electron chi connectivity index (χ2n) is 4.43. The number of nitrogens with zero attached hydrogens (tertiary/aromatic N) is 1. The van der Waals surface area contributed by atoms with E-state index in [-0.39, 0.29) is 5.91 Å². The Hall–Kier alpha value is -0.720. The molecule has 0 saturated heterocycles. The fourth-order valence-corrected chi connectivity index (χ4v) is 5.26. The first kappa shape index (κ1) is 15.2. The number of nitriles is 1. The van der Waals surface area contributed by atoms with Crippen molar-refractivity contribution in [2.24, 2.45) is 0 Å². The Morgan fingerprint density at radius 3 is 2.90 bits per heavy atom. The number of halogens is 2. The Morgan fingerprint density at radius 1 is 1.43 bits per heavy atom. The van der Waals surface area contributed by atoms with Crippen LogP contribution in [0.1, 0.15) is 25.7 Å². The molecular weight excluding hydrogens is 438 g/mol. The van der Waals surface area contributed by atoms with Gasteiger partial charge in [-0.1, -0.05) is 0 Å². The summed E-state index contributed by atoms with van der Waals surface area (Å²) in [5.74, 6) is -0.186. The topological polar surface area (TPSA) is 64.9 Å². The summed E-state index contributed by atoms with van der Waals surface area (Å²) < 4.78 is 1.73. The van der Waals surface area contributed by atoms with Gasteiger partial charge in [-0.3, -0.25) is 4.79 Å². The first-order valence-corrected chi connectivity index (χ1v) is 9.33. The number of fused-ring (bicyclic) bond motifs is 1. The molecule has 2 aromatic rings. The summed E-state index contributed by atoms with van der Waals surface area (Å²) in [7, 11) is 0. The lowest BCUT2D eigenvalue weighted by Gasteiger charge is -2.11. The molecule has 0 bridgehead atoms. The molecular formula is C13H9Br2N3OS2. The van der Waals surface area contributed by atoms with E-state index in [2.05, 4.69) is 48.6 Å². The summed E-state index contributed by atoms with van der Waals surface area (Å²) in [5, 5.41) is 16.2. The van der Waals surface area contributed by atoms with Gasteiger partial charge in [0.25, 0.3) is 5.91 Å². The number of hydrogen-bond donors (Lipinski definition) is 2. The summed E-state index contributed by atoms with van der Waals surface area (Å²) >= 11 is 9.59. The molecule has 0 spiro atoms. The van der Waals surface area contributed by atoms with Gasteiger partial charge in [0.1, 0.15) is 11.1 Å². The van der Waals surface area contributed by atoms with Crippen LogP contribution in [0, 0.1) is 11.3 Å². The summed E-state index contributed by atoms with van der Waals surface area (Å²) in [5.41, 5.74) is 1.68. The van der Waals surface area contributed by atoms with Crippen molar-refractivity contribution in [2.45, 2.75) is 13.0 Å². The number of thiophene rings is 2. The Labute approximate surface area is 146 Å². The van der Waals surface area contributed by atoms with Gasteiger partial charge in [-0.15, -0.1) is 22.7 Å². The van der Waals surface area contributed by atoms with Crippen molar-refractivity contribution in [1.82, 2.24) is 5.32 Å². The number of rotatable bonds is 2. The van der Waals surface area contributed by atoms with Crippen molar-refractivity contribution < 1.29 is 4.79 Å². The van der Waals surface area contributed by atoms with E-state index in [0.29, 0.717) is 15.4 Å². The van der Waals surface area contributed by atoms with Crippen LogP contribution < -0.4 is 10.6 Å². The summed E-state index contributed by atoms with van der Waals surface area (Å²) in [6.45, 7) is 1.64. The van der Waals surface area contributed by atoms with Crippen LogP contribution >= 0.6 is 54.5 Å². The molecule has 1 amide bonds. The Kier molecular flexibility index (Phi) is 4.47. The van der Waals surface area contributed by atoms with E-state index in [1.54, 1.807) is 6.07 Å². The third-order valence-electron chi connectivity index (χ3n) is 3.14. The molecule has 8 heteroatoms. The number of amides is 1. The summed E-state index contributed by atoms with van der Waals surface area (Å²) in [4.78, 5) is 14.0. The number of anilines is 1. The van der Waals surface area contributed by atoms with Gasteiger partial charge in [0.15, 0.2) is 0 Å². The van der Waals surface area contributed by atoms with Crippen LogP contribution in [-0.4, -0.2) is 12.5 Å². The van der Waals surface area contributed by atoms with Crippen LogP contribution in [0.2, 0.25) is 0 Å². The van der Waals surface area contributed by atoms with Crippen molar-refractivity contribution in [1.29, 1.82) is 5.26 Å². The maximum absolute atomic E-state index is 12.3. The van der Waals surface area contributed by atoms with E-state index >= 15 is 0 Å². The molecule has 0 aliphatic carbocycles. The first-order chi connectivity index (χ1) is 10.1. The highest BCUT2D eigenvalue weighted by Gasteiger charge is 2.22. The molecule has 21 heavy (non-hydrogen) atoms. The highest BCUT2D eigenvalue weighted by atomic mass is 79.9. The number of carbonyl (C=O) groups excluding carboxylic acids is 1. The SMILES string of the molecule is N#Cc1c(NC(=O)c2cc(Br)c(Br)s2)sc2c1CCNC2. The average molecular weight is 447 g/mol. The third kappa shape index (κ3) is 2.94. The fourth-order valence-electron chi connectivity index (χ4n) is 2.16. The number of carbonyl (C=O) groups is 1. The monoisotopic (exact) mass is 445 g/mol. The van der Waals surface area contributed by atoms with Crippen molar-refractivity contribution in [3.8, 4) is 6.07 Å². The van der Waals surface area contributed by atoms with E-state index < -0.39 is 0 Å². The smallest absolute Gasteiger partial charge is 0.266 e. The van der Waals surface area contributed by atoms with Gasteiger partial charge in [-0.2, -0.15) is 5.26 Å². The van der Waals surface area contributed by atoms with Gasteiger partial charge in [0.2, 0.25) is 0 Å². The van der Waals surface area contributed by atoms with Crippen LogP contribution in [-0.2, 0) is 13.0 Å². The molecule has 2 aromatic heterocycles. The molecule has 3 rings (SSSR count). The van der Waals surface area contributed by atoms with E-state index in [0.717, 1.165) is 38.2 Å². The van der Waals surface area contributed by atoms with Crippen LogP contribution in [0.25, 0.3) is 0 Å². The van der Waals surface area contributed by atoms with Gasteiger partial charge >= 0.3 is 0 Å². The van der Waals surface area contributed by atoms with Gasteiger partial charge in [-0.05, 0) is 56.5 Å². The minimum absolute atomic E-state index is 0.186. The van der Waals surface area contributed by atoms with Gasteiger partial charge < -0.3 is 10.6 Å². The first-order valence-electron chi connectivity index (χ1n) is 6.11. The molecule has 0 aromatic carbocycles.